The maximum atomic E-state index is 4.41. The number of rotatable bonds is 6. The lowest BCUT2D eigenvalue weighted by Gasteiger charge is -2.25. The number of benzene rings is 1. The van der Waals surface area contributed by atoms with Crippen molar-refractivity contribution in [3.63, 3.8) is 0 Å². The Hall–Kier alpha value is -1.39. The van der Waals surface area contributed by atoms with Crippen LogP contribution < -0.4 is 10.2 Å². The second kappa shape index (κ2) is 7.57. The van der Waals surface area contributed by atoms with Gasteiger partial charge in [-0.3, -0.25) is 4.98 Å². The van der Waals surface area contributed by atoms with E-state index in [1.807, 2.05) is 25.4 Å². The second-order valence-corrected chi connectivity index (χ2v) is 5.91. The topological polar surface area (TPSA) is 28.2 Å². The molecular formula is C17H22BrN3. The van der Waals surface area contributed by atoms with E-state index < -0.39 is 0 Å². The van der Waals surface area contributed by atoms with Gasteiger partial charge < -0.3 is 10.2 Å². The first-order valence-electron chi connectivity index (χ1n) is 7.27. The molecule has 21 heavy (non-hydrogen) atoms. The molecule has 4 heteroatoms. The van der Waals surface area contributed by atoms with Crippen LogP contribution in [0, 0.1) is 0 Å². The number of nitrogens with one attached hydrogen (secondary N) is 1. The summed E-state index contributed by atoms with van der Waals surface area (Å²) in [6.45, 7) is 6.08. The summed E-state index contributed by atoms with van der Waals surface area (Å²) in [7, 11) is 1.98. The third kappa shape index (κ3) is 4.05. The quantitative estimate of drug-likeness (QED) is 0.850. The second-order valence-electron chi connectivity index (χ2n) is 5.06. The van der Waals surface area contributed by atoms with Gasteiger partial charge in [0.2, 0.25) is 0 Å². The van der Waals surface area contributed by atoms with Gasteiger partial charge in [-0.25, -0.2) is 0 Å². The summed E-state index contributed by atoms with van der Waals surface area (Å²) in [5.41, 5.74) is 3.57. The summed E-state index contributed by atoms with van der Waals surface area (Å²) in [5, 5.41) is 3.27. The van der Waals surface area contributed by atoms with Gasteiger partial charge in [0, 0.05) is 23.3 Å². The summed E-state index contributed by atoms with van der Waals surface area (Å²) in [5.74, 6) is 0. The van der Waals surface area contributed by atoms with E-state index in [2.05, 4.69) is 69.2 Å². The minimum absolute atomic E-state index is 0.348. The largest absolute Gasteiger partial charge is 0.365 e. The molecule has 0 aliphatic carbocycles. The van der Waals surface area contributed by atoms with Crippen LogP contribution in [-0.4, -0.2) is 18.6 Å². The Labute approximate surface area is 135 Å². The number of halogens is 1. The number of hydrogen-bond acceptors (Lipinski definition) is 3. The van der Waals surface area contributed by atoms with Crippen molar-refractivity contribution in [3.8, 4) is 0 Å². The molecule has 112 valence electrons. The molecule has 0 spiro atoms. The summed E-state index contributed by atoms with van der Waals surface area (Å²) in [6.07, 6.45) is 1.84. The highest BCUT2D eigenvalue weighted by Crippen LogP contribution is 2.30. The number of pyridine rings is 1. The summed E-state index contributed by atoms with van der Waals surface area (Å²) >= 11 is 3.71. The van der Waals surface area contributed by atoms with Gasteiger partial charge >= 0.3 is 0 Å². The molecule has 1 atom stereocenters. The fourth-order valence-electron chi connectivity index (χ4n) is 2.27. The summed E-state index contributed by atoms with van der Waals surface area (Å²) in [6, 6.07) is 12.9. The highest BCUT2D eigenvalue weighted by molar-refractivity contribution is 9.10. The third-order valence-electron chi connectivity index (χ3n) is 3.71. The van der Waals surface area contributed by atoms with Crippen molar-refractivity contribution in [1.82, 2.24) is 10.3 Å². The number of hydrogen-bond donors (Lipinski definition) is 1. The molecule has 3 nitrogen and oxygen atoms in total. The van der Waals surface area contributed by atoms with E-state index in [4.69, 9.17) is 0 Å². The van der Waals surface area contributed by atoms with Crippen LogP contribution in [0.3, 0.4) is 0 Å². The maximum absolute atomic E-state index is 4.41. The van der Waals surface area contributed by atoms with Crippen molar-refractivity contribution < 1.29 is 0 Å². The normalized spacial score (nSPS) is 12.2. The molecule has 1 aromatic heterocycles. The van der Waals surface area contributed by atoms with Crippen molar-refractivity contribution in [1.29, 1.82) is 0 Å². The predicted molar refractivity (Wildman–Crippen MR) is 92.6 cm³/mol. The average molecular weight is 348 g/mol. The molecule has 0 fully saturated rings. The predicted octanol–water partition coefficient (Wildman–Crippen LogP) is 4.15. The third-order valence-corrected chi connectivity index (χ3v) is 4.34. The molecule has 0 amide bonds. The van der Waals surface area contributed by atoms with Crippen LogP contribution in [0.1, 0.15) is 31.1 Å². The zero-order valence-corrected chi connectivity index (χ0v) is 14.4. The van der Waals surface area contributed by atoms with Crippen LogP contribution >= 0.6 is 15.9 Å². The summed E-state index contributed by atoms with van der Waals surface area (Å²) < 4.78 is 1.12. The van der Waals surface area contributed by atoms with Crippen LogP contribution in [0.25, 0.3) is 0 Å². The van der Waals surface area contributed by atoms with E-state index in [-0.39, 0.29) is 0 Å². The van der Waals surface area contributed by atoms with E-state index in [0.717, 1.165) is 23.3 Å². The van der Waals surface area contributed by atoms with Crippen molar-refractivity contribution in [3.05, 3.63) is 58.3 Å². The van der Waals surface area contributed by atoms with Gasteiger partial charge in [-0.2, -0.15) is 0 Å². The number of aromatic nitrogens is 1. The van der Waals surface area contributed by atoms with E-state index in [0.29, 0.717) is 6.04 Å². The molecule has 1 N–H and O–H groups in total. The smallest absolute Gasteiger partial charge is 0.0602 e. The van der Waals surface area contributed by atoms with Gasteiger partial charge in [0.1, 0.15) is 0 Å². The molecule has 0 radical (unpaired) electrons. The molecule has 1 heterocycles. The van der Waals surface area contributed by atoms with Gasteiger partial charge in [0.05, 0.1) is 17.9 Å². The molecule has 1 aromatic carbocycles. The van der Waals surface area contributed by atoms with E-state index in [9.17, 15) is 0 Å². The van der Waals surface area contributed by atoms with E-state index >= 15 is 0 Å². The molecule has 2 aromatic rings. The van der Waals surface area contributed by atoms with Crippen LogP contribution in [0.15, 0.2) is 47.1 Å². The van der Waals surface area contributed by atoms with Crippen LogP contribution in [0.5, 0.6) is 0 Å². The monoisotopic (exact) mass is 347 g/mol. The minimum atomic E-state index is 0.348. The van der Waals surface area contributed by atoms with Crippen molar-refractivity contribution in [2.75, 3.05) is 18.5 Å². The van der Waals surface area contributed by atoms with Crippen molar-refractivity contribution >= 4 is 21.6 Å². The zero-order chi connectivity index (χ0) is 15.2. The first-order chi connectivity index (χ1) is 10.2. The van der Waals surface area contributed by atoms with Gasteiger partial charge in [0.15, 0.2) is 0 Å². The molecule has 0 saturated heterocycles. The lowest BCUT2D eigenvalue weighted by Crippen LogP contribution is -2.23. The Morgan fingerprint density at radius 2 is 2.10 bits per heavy atom. The first-order valence-corrected chi connectivity index (χ1v) is 8.06. The van der Waals surface area contributed by atoms with Gasteiger partial charge in [0.25, 0.3) is 0 Å². The molecule has 1 unspecified atom stereocenters. The minimum Gasteiger partial charge on any atom is -0.365 e. The highest BCUT2D eigenvalue weighted by atomic mass is 79.9. The lowest BCUT2D eigenvalue weighted by atomic mass is 10.1. The standard InChI is InChI=1S/C17H22BrN3/c1-4-21(12-15-7-5-6-10-20-15)17-9-8-14(11-16(17)18)13(2)19-3/h5-11,13,19H,4,12H2,1-3H3. The fraction of sp³-hybridized carbons (Fsp3) is 0.353. The Kier molecular flexibility index (Phi) is 5.76. The van der Waals surface area contributed by atoms with Gasteiger partial charge in [-0.1, -0.05) is 12.1 Å². The molecule has 2 rings (SSSR count). The van der Waals surface area contributed by atoms with E-state index in [1.165, 1.54) is 11.3 Å². The Morgan fingerprint density at radius 1 is 1.29 bits per heavy atom. The van der Waals surface area contributed by atoms with Crippen LogP contribution in [-0.2, 0) is 6.54 Å². The number of anilines is 1. The Balaban J connectivity index is 2.22. The van der Waals surface area contributed by atoms with E-state index in [1.54, 1.807) is 0 Å². The lowest BCUT2D eigenvalue weighted by molar-refractivity contribution is 0.651. The molecule has 0 saturated carbocycles. The van der Waals surface area contributed by atoms with Gasteiger partial charge in [-0.15, -0.1) is 0 Å². The van der Waals surface area contributed by atoms with Crippen LogP contribution in [0.4, 0.5) is 5.69 Å². The van der Waals surface area contributed by atoms with Crippen LogP contribution in [0.2, 0.25) is 0 Å². The molecular weight excluding hydrogens is 326 g/mol. The molecule has 0 aliphatic heterocycles. The highest BCUT2D eigenvalue weighted by Gasteiger charge is 2.12. The first kappa shape index (κ1) is 16.0. The maximum Gasteiger partial charge on any atom is 0.0602 e. The number of nitrogens with zero attached hydrogens (tertiary/aromatic N) is 2. The molecule has 0 bridgehead atoms. The fourth-order valence-corrected chi connectivity index (χ4v) is 2.92. The van der Waals surface area contributed by atoms with Crippen molar-refractivity contribution in [2.24, 2.45) is 0 Å². The average Bonchev–Trinajstić information content (AvgIpc) is 2.53. The molecule has 0 aliphatic rings. The SMILES string of the molecule is CCN(Cc1ccccn1)c1ccc(C(C)NC)cc1Br. The zero-order valence-electron chi connectivity index (χ0n) is 12.8. The van der Waals surface area contributed by atoms with Crippen molar-refractivity contribution in [2.45, 2.75) is 26.4 Å². The van der Waals surface area contributed by atoms with Gasteiger partial charge in [-0.05, 0) is 66.7 Å². The Morgan fingerprint density at radius 3 is 2.67 bits per heavy atom. The summed E-state index contributed by atoms with van der Waals surface area (Å²) in [4.78, 5) is 6.73. The Bertz CT molecular complexity index is 572.